The quantitative estimate of drug-likeness (QED) is 0.265. The minimum atomic E-state index is -4.63. The highest BCUT2D eigenvalue weighted by Crippen LogP contribution is 2.43. The molecule has 5 rings (SSSR count). The highest BCUT2D eigenvalue weighted by atomic mass is 35.5. The third-order valence-electron chi connectivity index (χ3n) is 5.88. The first-order chi connectivity index (χ1) is 17.7. The number of hydrogen-bond acceptors (Lipinski definition) is 6. The van der Waals surface area contributed by atoms with E-state index < -0.39 is 38.1 Å². The molecule has 0 saturated carbocycles. The van der Waals surface area contributed by atoms with Gasteiger partial charge in [-0.15, -0.1) is 11.3 Å². The van der Waals surface area contributed by atoms with Gasteiger partial charge in [0.25, 0.3) is 10.0 Å². The monoisotopic (exact) mass is 565 g/mol. The minimum absolute atomic E-state index is 0.0393. The fourth-order valence-corrected chi connectivity index (χ4v) is 6.62. The van der Waals surface area contributed by atoms with E-state index in [0.717, 1.165) is 23.9 Å². The molecule has 0 atom stereocenters. The minimum Gasteiger partial charge on any atom is -0.381 e. The van der Waals surface area contributed by atoms with Crippen LogP contribution in [0, 0.1) is 17.5 Å². The number of benzene rings is 2. The van der Waals surface area contributed by atoms with E-state index in [1.54, 1.807) is 12.1 Å². The van der Waals surface area contributed by atoms with Gasteiger partial charge in [0, 0.05) is 30.9 Å². The van der Waals surface area contributed by atoms with Crippen LogP contribution in [0.5, 0.6) is 0 Å². The van der Waals surface area contributed by atoms with Crippen molar-refractivity contribution in [3.63, 3.8) is 0 Å². The Morgan fingerprint density at radius 2 is 1.84 bits per heavy atom. The number of rotatable bonds is 6. The average molecular weight is 566 g/mol. The van der Waals surface area contributed by atoms with Gasteiger partial charge in [-0.25, -0.2) is 31.6 Å². The summed E-state index contributed by atoms with van der Waals surface area (Å²) in [6.45, 7) is 1.19. The number of ether oxygens (including phenoxy) is 1. The van der Waals surface area contributed by atoms with Crippen LogP contribution in [0.3, 0.4) is 0 Å². The van der Waals surface area contributed by atoms with Crippen molar-refractivity contribution >= 4 is 38.6 Å². The molecule has 0 aliphatic carbocycles. The van der Waals surface area contributed by atoms with Crippen LogP contribution in [0.25, 0.3) is 21.7 Å². The molecule has 1 saturated heterocycles. The van der Waals surface area contributed by atoms with Crippen LogP contribution in [0.1, 0.15) is 23.8 Å². The molecule has 2 aromatic heterocycles. The number of sulfonamides is 1. The van der Waals surface area contributed by atoms with E-state index >= 15 is 4.39 Å². The Hall–Kier alpha value is -2.99. The summed E-state index contributed by atoms with van der Waals surface area (Å²) < 4.78 is 76.6. The van der Waals surface area contributed by atoms with Gasteiger partial charge in [0.2, 0.25) is 0 Å². The normalized spacial score (nSPS) is 14.6. The molecule has 1 aliphatic heterocycles. The lowest BCUT2D eigenvalue weighted by Gasteiger charge is -2.19. The Labute approximate surface area is 220 Å². The summed E-state index contributed by atoms with van der Waals surface area (Å²) in [4.78, 5) is 8.48. The van der Waals surface area contributed by atoms with Crippen molar-refractivity contribution in [3.8, 4) is 21.7 Å². The number of pyridine rings is 1. The highest BCUT2D eigenvalue weighted by molar-refractivity contribution is 7.92. The van der Waals surface area contributed by atoms with Crippen LogP contribution >= 0.6 is 22.9 Å². The third-order valence-corrected chi connectivity index (χ3v) is 8.74. The second kappa shape index (κ2) is 10.4. The first-order valence-electron chi connectivity index (χ1n) is 11.2. The maximum absolute atomic E-state index is 15.8. The summed E-state index contributed by atoms with van der Waals surface area (Å²) >= 11 is 7.51. The van der Waals surface area contributed by atoms with Crippen molar-refractivity contribution in [2.45, 2.75) is 23.7 Å². The van der Waals surface area contributed by atoms with Gasteiger partial charge in [0.15, 0.2) is 5.82 Å². The van der Waals surface area contributed by atoms with E-state index in [1.165, 1.54) is 35.7 Å². The molecule has 37 heavy (non-hydrogen) atoms. The van der Waals surface area contributed by atoms with Crippen molar-refractivity contribution in [1.82, 2.24) is 9.97 Å². The van der Waals surface area contributed by atoms with Crippen molar-refractivity contribution in [2.75, 3.05) is 17.9 Å². The molecular weight excluding hydrogens is 547 g/mol. The first kappa shape index (κ1) is 25.7. The van der Waals surface area contributed by atoms with Crippen LogP contribution < -0.4 is 4.72 Å². The van der Waals surface area contributed by atoms with Crippen molar-refractivity contribution in [3.05, 3.63) is 82.3 Å². The van der Waals surface area contributed by atoms with E-state index in [9.17, 15) is 17.2 Å². The largest absolute Gasteiger partial charge is 0.381 e. The lowest BCUT2D eigenvalue weighted by Crippen LogP contribution is -2.16. The molecule has 12 heteroatoms. The second-order valence-electron chi connectivity index (χ2n) is 8.33. The van der Waals surface area contributed by atoms with Gasteiger partial charge in [0.1, 0.15) is 21.7 Å². The fraction of sp³-hybridized carbons (Fsp3) is 0.200. The number of nitrogens with one attached hydrogen (secondary N) is 1. The van der Waals surface area contributed by atoms with Gasteiger partial charge in [-0.2, -0.15) is 0 Å². The molecule has 1 aliphatic rings. The molecule has 3 heterocycles. The van der Waals surface area contributed by atoms with E-state index in [2.05, 4.69) is 4.98 Å². The zero-order valence-electron chi connectivity index (χ0n) is 19.0. The van der Waals surface area contributed by atoms with Crippen LogP contribution in [0.2, 0.25) is 5.15 Å². The fourth-order valence-electron chi connectivity index (χ4n) is 4.05. The Morgan fingerprint density at radius 1 is 1.05 bits per heavy atom. The zero-order valence-corrected chi connectivity index (χ0v) is 21.4. The number of halogens is 4. The Balaban J connectivity index is 1.59. The Kier molecular flexibility index (Phi) is 7.21. The van der Waals surface area contributed by atoms with Crippen molar-refractivity contribution in [1.29, 1.82) is 0 Å². The molecule has 1 fully saturated rings. The van der Waals surface area contributed by atoms with Crippen LogP contribution in [-0.2, 0) is 14.8 Å². The Bertz CT molecular complexity index is 1570. The van der Waals surface area contributed by atoms with Crippen molar-refractivity contribution < 1.29 is 26.3 Å². The topological polar surface area (TPSA) is 81.2 Å². The molecule has 1 N–H and O–H groups in total. The maximum atomic E-state index is 15.8. The van der Waals surface area contributed by atoms with Gasteiger partial charge in [-0.3, -0.25) is 4.72 Å². The third kappa shape index (κ3) is 5.35. The lowest BCUT2D eigenvalue weighted by atomic mass is 10.0. The van der Waals surface area contributed by atoms with Gasteiger partial charge in [-0.1, -0.05) is 17.7 Å². The zero-order chi connectivity index (χ0) is 26.2. The summed E-state index contributed by atoms with van der Waals surface area (Å²) in [6, 6.07) is 9.52. The molecule has 0 spiro atoms. The second-order valence-corrected chi connectivity index (χ2v) is 11.4. The number of hydrogen-bond donors (Lipinski definition) is 1. The van der Waals surface area contributed by atoms with Crippen LogP contribution in [-0.4, -0.2) is 31.6 Å². The summed E-state index contributed by atoms with van der Waals surface area (Å²) in [6.07, 6.45) is 3.07. The standard InChI is InChI=1S/C25H19ClF3N3O3S2/c26-21-12-15(6-9-30-21)24-23(31-25(36-24)14-7-10-35-11-8-14)17-2-1-3-19(22(17)29)32-37(33,34)20-13-16(27)4-5-18(20)28/h1-6,9,12-14,32H,7-8,10-11H2. The van der Waals surface area contributed by atoms with Gasteiger partial charge >= 0.3 is 0 Å². The lowest BCUT2D eigenvalue weighted by molar-refractivity contribution is 0.0853. The maximum Gasteiger partial charge on any atom is 0.265 e. The number of aromatic nitrogens is 2. The van der Waals surface area contributed by atoms with Gasteiger partial charge in [-0.05, 0) is 60.9 Å². The number of nitrogens with zero attached hydrogens (tertiary/aromatic N) is 2. The van der Waals surface area contributed by atoms with Gasteiger partial charge in [0.05, 0.1) is 21.3 Å². The molecule has 0 radical (unpaired) electrons. The summed E-state index contributed by atoms with van der Waals surface area (Å²) in [5, 5.41) is 1.05. The number of thiazole rings is 1. The predicted molar refractivity (Wildman–Crippen MR) is 136 cm³/mol. The highest BCUT2D eigenvalue weighted by Gasteiger charge is 2.27. The molecule has 192 valence electrons. The summed E-state index contributed by atoms with van der Waals surface area (Å²) in [5.74, 6) is -2.89. The van der Waals surface area contributed by atoms with E-state index in [0.29, 0.717) is 41.5 Å². The molecule has 6 nitrogen and oxygen atoms in total. The molecule has 4 aromatic rings. The molecular formula is C25H19ClF3N3O3S2. The summed E-state index contributed by atoms with van der Waals surface area (Å²) in [7, 11) is -4.63. The van der Waals surface area contributed by atoms with Gasteiger partial charge < -0.3 is 4.74 Å². The van der Waals surface area contributed by atoms with E-state index in [1.807, 2.05) is 4.72 Å². The summed E-state index contributed by atoms with van der Waals surface area (Å²) in [5.41, 5.74) is 0.597. The van der Waals surface area contributed by atoms with Crippen molar-refractivity contribution in [2.24, 2.45) is 0 Å². The van der Waals surface area contributed by atoms with Crippen LogP contribution in [0.4, 0.5) is 18.9 Å². The molecule has 0 unspecified atom stereocenters. The molecule has 0 bridgehead atoms. The van der Waals surface area contributed by atoms with E-state index in [4.69, 9.17) is 21.3 Å². The smallest absolute Gasteiger partial charge is 0.265 e. The Morgan fingerprint density at radius 3 is 2.59 bits per heavy atom. The van der Waals surface area contributed by atoms with E-state index in [-0.39, 0.29) is 16.6 Å². The molecule has 2 aromatic carbocycles. The first-order valence-corrected chi connectivity index (χ1v) is 13.9. The average Bonchev–Trinajstić information content (AvgIpc) is 3.32. The number of anilines is 1. The predicted octanol–water partition coefficient (Wildman–Crippen LogP) is 6.64. The molecule has 0 amide bonds. The van der Waals surface area contributed by atoms with Crippen LogP contribution in [0.15, 0.2) is 59.6 Å². The SMILES string of the molecule is O=S(=O)(Nc1cccc(-c2nc(C3CCOCC3)sc2-c2ccnc(Cl)c2)c1F)c1cc(F)ccc1F.